The quantitative estimate of drug-likeness (QED) is 0.211. The molecule has 220 valence electrons. The third kappa shape index (κ3) is 7.64. The molecule has 0 fully saturated rings. The molecule has 3 aromatic rings. The Morgan fingerprint density at radius 1 is 1.17 bits per heavy atom. The van der Waals surface area contributed by atoms with E-state index in [1.54, 1.807) is 17.0 Å². The average molecular weight is 595 g/mol. The molecule has 1 aliphatic heterocycles. The fourth-order valence-electron chi connectivity index (χ4n) is 4.49. The molecular formula is C26H29F3N6O5S. The smallest absolute Gasteiger partial charge is 0.470 e. The van der Waals surface area contributed by atoms with Gasteiger partial charge in [-0.1, -0.05) is 18.2 Å². The number of aromatic carboxylic acids is 1. The molecule has 2 heterocycles. The van der Waals surface area contributed by atoms with Crippen molar-refractivity contribution in [3.8, 4) is 0 Å². The molecule has 6 N–H and O–H groups in total. The minimum absolute atomic E-state index is 0.0412. The number of carboxylic acid groups (broad SMARTS) is 1. The van der Waals surface area contributed by atoms with Gasteiger partial charge in [-0.2, -0.15) is 13.2 Å². The van der Waals surface area contributed by atoms with Crippen molar-refractivity contribution in [2.24, 2.45) is 10.7 Å². The van der Waals surface area contributed by atoms with Gasteiger partial charge < -0.3 is 30.7 Å². The van der Waals surface area contributed by atoms with Crippen molar-refractivity contribution in [1.29, 1.82) is 0 Å². The minimum atomic E-state index is -5.14. The molecule has 1 aliphatic rings. The van der Waals surface area contributed by atoms with Gasteiger partial charge in [-0.05, 0) is 60.9 Å². The van der Waals surface area contributed by atoms with E-state index in [0.29, 0.717) is 40.0 Å². The molecule has 0 spiro atoms. The van der Waals surface area contributed by atoms with Crippen molar-refractivity contribution in [3.63, 3.8) is 0 Å². The molecule has 4 rings (SSSR count). The van der Waals surface area contributed by atoms with Gasteiger partial charge in [0.15, 0.2) is 0 Å². The number of aromatic nitrogens is 1. The average Bonchev–Trinajstić information content (AvgIpc) is 3.24. The van der Waals surface area contributed by atoms with Crippen LogP contribution in [-0.4, -0.2) is 72.1 Å². The van der Waals surface area contributed by atoms with E-state index < -0.39 is 33.4 Å². The van der Waals surface area contributed by atoms with Crippen LogP contribution in [0.1, 0.15) is 28.5 Å². The number of aliphatic imine (C=N–C) groups is 1. The Morgan fingerprint density at radius 3 is 2.59 bits per heavy atom. The summed E-state index contributed by atoms with van der Waals surface area (Å²) in [5.41, 5.74) is 7.29. The molecule has 0 saturated heterocycles. The maximum absolute atomic E-state index is 12.7. The van der Waals surface area contributed by atoms with Crippen LogP contribution in [0.3, 0.4) is 0 Å². The molecule has 0 aliphatic carbocycles. The van der Waals surface area contributed by atoms with Crippen molar-refractivity contribution in [1.82, 2.24) is 19.5 Å². The normalized spacial score (nSPS) is 15.6. The van der Waals surface area contributed by atoms with Gasteiger partial charge in [0.2, 0.25) is 10.0 Å². The summed E-state index contributed by atoms with van der Waals surface area (Å²) in [5, 5.41) is 24.1. The van der Waals surface area contributed by atoms with Crippen molar-refractivity contribution in [2.45, 2.75) is 43.4 Å². The Kier molecular flexibility index (Phi) is 8.72. The molecule has 0 bridgehead atoms. The third-order valence-corrected chi connectivity index (χ3v) is 7.80. The number of sulfonamides is 1. The number of hydrogen-bond donors (Lipinski definition) is 5. The van der Waals surface area contributed by atoms with E-state index in [1.165, 1.54) is 29.1 Å². The largest absolute Gasteiger partial charge is 0.477 e. The van der Waals surface area contributed by atoms with Crippen LogP contribution in [0, 0.1) is 0 Å². The number of carboxylic acids is 1. The molecule has 1 aromatic heterocycles. The zero-order chi connectivity index (χ0) is 29.9. The van der Waals surface area contributed by atoms with Crippen LogP contribution in [0.15, 0.2) is 70.3 Å². The van der Waals surface area contributed by atoms with Gasteiger partial charge in [0.25, 0.3) is 0 Å². The highest BCUT2D eigenvalue weighted by atomic mass is 32.2. The molecule has 0 radical (unpaired) electrons. The van der Waals surface area contributed by atoms with Gasteiger partial charge in [0.1, 0.15) is 17.7 Å². The van der Waals surface area contributed by atoms with E-state index in [-0.39, 0.29) is 24.8 Å². The van der Waals surface area contributed by atoms with Crippen LogP contribution in [0.4, 0.5) is 13.2 Å². The molecule has 2 atom stereocenters. The molecule has 2 unspecified atom stereocenters. The molecule has 0 saturated carbocycles. The Balaban J connectivity index is 1.49. The number of nitrogens with one attached hydrogen (secondary N) is 2. The summed E-state index contributed by atoms with van der Waals surface area (Å²) >= 11 is 0. The maximum atomic E-state index is 12.7. The van der Waals surface area contributed by atoms with Gasteiger partial charge in [0, 0.05) is 36.6 Å². The van der Waals surface area contributed by atoms with E-state index in [1.807, 2.05) is 19.1 Å². The first-order chi connectivity index (χ1) is 19.2. The number of nitrogens with zero attached hydrogens (tertiary/aromatic N) is 3. The second kappa shape index (κ2) is 11.9. The van der Waals surface area contributed by atoms with E-state index >= 15 is 0 Å². The van der Waals surface area contributed by atoms with Crippen LogP contribution in [-0.2, 0) is 23.0 Å². The third-order valence-electron chi connectivity index (χ3n) is 6.42. The Hall–Kier alpha value is -3.92. The van der Waals surface area contributed by atoms with Crippen LogP contribution in [0.25, 0.3) is 10.9 Å². The molecule has 11 nitrogen and oxygen atoms in total. The maximum Gasteiger partial charge on any atom is 0.470 e. The number of alkyl halides is 3. The Morgan fingerprint density at radius 2 is 1.93 bits per heavy atom. The van der Waals surface area contributed by atoms with Gasteiger partial charge >= 0.3 is 12.3 Å². The predicted molar refractivity (Wildman–Crippen MR) is 145 cm³/mol. The highest BCUT2D eigenvalue weighted by Gasteiger charge is 2.35. The monoisotopic (exact) mass is 594 g/mol. The van der Waals surface area contributed by atoms with E-state index in [4.69, 9.17) is 5.73 Å². The molecule has 15 heteroatoms. The van der Waals surface area contributed by atoms with Crippen LogP contribution < -0.4 is 15.8 Å². The summed E-state index contributed by atoms with van der Waals surface area (Å²) in [6.07, 6.45) is -2.19. The summed E-state index contributed by atoms with van der Waals surface area (Å²) in [6, 6.07) is 11.8. The van der Waals surface area contributed by atoms with Gasteiger partial charge in [-0.15, -0.1) is 4.72 Å². The fraction of sp³-hybridized carbons (Fsp3) is 0.308. The number of aliphatic hydroxyl groups is 1. The number of halogens is 3. The summed E-state index contributed by atoms with van der Waals surface area (Å²) in [7, 11) is -4.86. The molecule has 41 heavy (non-hydrogen) atoms. The van der Waals surface area contributed by atoms with Crippen molar-refractivity contribution in [3.05, 3.63) is 77.2 Å². The molecular weight excluding hydrogens is 565 g/mol. The van der Waals surface area contributed by atoms with Crippen molar-refractivity contribution in [2.75, 3.05) is 13.1 Å². The van der Waals surface area contributed by atoms with E-state index in [0.717, 1.165) is 17.7 Å². The van der Waals surface area contributed by atoms with Crippen LogP contribution in [0.5, 0.6) is 0 Å². The fourth-order valence-corrected chi connectivity index (χ4v) is 5.47. The lowest BCUT2D eigenvalue weighted by molar-refractivity contribution is -0.138. The van der Waals surface area contributed by atoms with Crippen molar-refractivity contribution < 1.29 is 36.6 Å². The second-order valence-electron chi connectivity index (χ2n) is 9.63. The summed E-state index contributed by atoms with van der Waals surface area (Å²) < 4.78 is 64.3. The lowest BCUT2D eigenvalue weighted by Crippen LogP contribution is -2.45. The number of nitrogens with two attached hydrogens (primary N) is 1. The van der Waals surface area contributed by atoms with Crippen molar-refractivity contribution >= 4 is 33.2 Å². The van der Waals surface area contributed by atoms with Gasteiger partial charge in [0.05, 0.1) is 11.2 Å². The first-order valence-electron chi connectivity index (χ1n) is 12.4. The van der Waals surface area contributed by atoms with Crippen LogP contribution >= 0.6 is 0 Å². The zero-order valence-corrected chi connectivity index (χ0v) is 22.7. The Labute approximate surface area is 233 Å². The minimum Gasteiger partial charge on any atom is -0.477 e. The number of hydrogen-bond acceptors (Lipinski definition) is 8. The molecule has 2 aromatic carbocycles. The van der Waals surface area contributed by atoms with Gasteiger partial charge in [-0.3, -0.25) is 0 Å². The molecule has 0 amide bonds. The summed E-state index contributed by atoms with van der Waals surface area (Å²) in [4.78, 5) is 17.0. The first-order valence-corrected chi connectivity index (χ1v) is 13.9. The predicted octanol–water partition coefficient (Wildman–Crippen LogP) is 2.17. The lowest BCUT2D eigenvalue weighted by atomic mass is 10.1. The number of aliphatic hydroxyl groups excluding tert-OH is 1. The standard InChI is InChI=1S/C26H29F3N6O5S/c1-16(31-13-24(36)34-8-7-23(30)32-15-34)9-17-5-6-21-19(10-17)12-22(25(37)38)35(21)14-18-3-2-4-20(11-18)41(39,40)33-26(27,28)29/h2-7,10-12,15-16,24,31,33,36H,8-9,13-14,30H2,1H3,(H,37,38). The van der Waals surface area contributed by atoms with E-state index in [9.17, 15) is 36.6 Å². The Bertz CT molecular complexity index is 1600. The first kappa shape index (κ1) is 30.0. The number of carbonyl (C=O) groups is 1. The summed E-state index contributed by atoms with van der Waals surface area (Å²) in [5.74, 6) is -0.822. The second-order valence-corrected chi connectivity index (χ2v) is 11.3. The van der Waals surface area contributed by atoms with Gasteiger partial charge in [-0.25, -0.2) is 18.2 Å². The zero-order valence-electron chi connectivity index (χ0n) is 21.8. The highest BCUT2D eigenvalue weighted by Crippen LogP contribution is 2.25. The SMILES string of the molecule is CC(Cc1ccc2c(c1)cc(C(=O)O)n2Cc1cccc(S(=O)(=O)NC(F)(F)F)c1)NCC(O)N1C=NC(N)=CC1. The lowest BCUT2D eigenvalue weighted by Gasteiger charge is -2.27. The number of rotatable bonds is 11. The topological polar surface area (TPSA) is 162 Å². The number of fused-ring (bicyclic) bond motifs is 1. The number of benzene rings is 2. The summed E-state index contributed by atoms with van der Waals surface area (Å²) in [6.45, 7) is 2.57. The van der Waals surface area contributed by atoms with E-state index in [2.05, 4.69) is 10.3 Å². The van der Waals surface area contributed by atoms with Crippen LogP contribution in [0.2, 0.25) is 0 Å². The highest BCUT2D eigenvalue weighted by molar-refractivity contribution is 7.89.